The first-order valence-corrected chi connectivity index (χ1v) is 8.52. The van der Waals surface area contributed by atoms with Gasteiger partial charge in [-0.15, -0.1) is 0 Å². The molecule has 0 radical (unpaired) electrons. The average Bonchev–Trinajstić information content (AvgIpc) is 2.68. The normalized spacial score (nSPS) is 10.2. The van der Waals surface area contributed by atoms with Crippen LogP contribution in [0.15, 0.2) is 54.6 Å². The van der Waals surface area contributed by atoms with Crippen LogP contribution in [0.25, 0.3) is 22.4 Å². The highest BCUT2D eigenvalue weighted by Gasteiger charge is 2.16. The topological polar surface area (TPSA) is 55.1 Å². The van der Waals surface area contributed by atoms with E-state index >= 15 is 0 Å². The number of halogens is 1. The molecule has 2 aromatic carbocycles. The number of benzene rings is 2. The Labute approximate surface area is 157 Å². The molecule has 26 heavy (non-hydrogen) atoms. The Morgan fingerprint density at radius 1 is 1.08 bits per heavy atom. The molecule has 0 aliphatic rings. The van der Waals surface area contributed by atoms with Crippen molar-refractivity contribution < 1.29 is 9.47 Å². The molecular weight excluding hydrogens is 348 g/mol. The molecule has 0 unspecified atom stereocenters. The van der Waals surface area contributed by atoms with E-state index in [1.54, 1.807) is 7.11 Å². The number of methoxy groups -OCH3 is 1. The van der Waals surface area contributed by atoms with E-state index in [1.807, 2.05) is 61.5 Å². The van der Waals surface area contributed by atoms with Crippen LogP contribution in [0.5, 0.6) is 11.6 Å². The van der Waals surface area contributed by atoms with E-state index in [9.17, 15) is 5.26 Å². The fraction of sp³-hybridized carbons (Fsp3) is 0.143. The van der Waals surface area contributed by atoms with Crippen molar-refractivity contribution in [2.45, 2.75) is 6.92 Å². The van der Waals surface area contributed by atoms with Gasteiger partial charge in [-0.25, -0.2) is 4.98 Å². The van der Waals surface area contributed by atoms with Gasteiger partial charge in [0.15, 0.2) is 0 Å². The van der Waals surface area contributed by atoms with Gasteiger partial charge in [0.2, 0.25) is 5.88 Å². The van der Waals surface area contributed by atoms with Crippen molar-refractivity contribution in [1.82, 2.24) is 4.98 Å². The lowest BCUT2D eigenvalue weighted by Crippen LogP contribution is -2.01. The maximum atomic E-state index is 9.69. The zero-order chi connectivity index (χ0) is 18.5. The summed E-state index contributed by atoms with van der Waals surface area (Å²) in [6, 6.07) is 19.1. The summed E-state index contributed by atoms with van der Waals surface area (Å²) in [7, 11) is 1.61. The van der Waals surface area contributed by atoms with E-state index < -0.39 is 0 Å². The van der Waals surface area contributed by atoms with Gasteiger partial charge in [0.1, 0.15) is 17.4 Å². The maximum absolute atomic E-state index is 9.69. The van der Waals surface area contributed by atoms with Gasteiger partial charge in [-0.3, -0.25) is 0 Å². The third-order valence-electron chi connectivity index (χ3n) is 3.90. The second-order valence-electron chi connectivity index (χ2n) is 5.52. The lowest BCUT2D eigenvalue weighted by molar-refractivity contribution is 0.326. The van der Waals surface area contributed by atoms with Crippen LogP contribution >= 0.6 is 11.6 Å². The highest BCUT2D eigenvalue weighted by molar-refractivity contribution is 6.30. The van der Waals surface area contributed by atoms with E-state index in [0.29, 0.717) is 34.5 Å². The van der Waals surface area contributed by atoms with Crippen molar-refractivity contribution in [1.29, 1.82) is 5.26 Å². The molecule has 1 heterocycles. The number of hydrogen-bond acceptors (Lipinski definition) is 4. The van der Waals surface area contributed by atoms with Gasteiger partial charge >= 0.3 is 0 Å². The minimum atomic E-state index is 0.320. The van der Waals surface area contributed by atoms with Gasteiger partial charge < -0.3 is 9.47 Å². The molecule has 5 heteroatoms. The van der Waals surface area contributed by atoms with Crippen molar-refractivity contribution in [2.75, 3.05) is 13.7 Å². The van der Waals surface area contributed by atoms with Crippen LogP contribution in [0.4, 0.5) is 0 Å². The molecule has 0 saturated carbocycles. The lowest BCUT2D eigenvalue weighted by atomic mass is 9.98. The van der Waals surface area contributed by atoms with E-state index in [2.05, 4.69) is 11.1 Å². The zero-order valence-electron chi connectivity index (χ0n) is 14.5. The Morgan fingerprint density at radius 3 is 2.50 bits per heavy atom. The number of hydrogen-bond donors (Lipinski definition) is 0. The smallest absolute Gasteiger partial charge is 0.232 e. The average molecular weight is 365 g/mol. The van der Waals surface area contributed by atoms with Crippen molar-refractivity contribution in [2.24, 2.45) is 0 Å². The van der Waals surface area contributed by atoms with Gasteiger partial charge in [-0.05, 0) is 42.8 Å². The molecule has 1 aromatic heterocycles. The number of nitrogens with zero attached hydrogens (tertiary/aromatic N) is 2. The van der Waals surface area contributed by atoms with Gasteiger partial charge in [0.05, 0.1) is 19.4 Å². The van der Waals surface area contributed by atoms with Gasteiger partial charge in [-0.2, -0.15) is 5.26 Å². The highest BCUT2D eigenvalue weighted by atomic mass is 35.5. The number of aromatic nitrogens is 1. The zero-order valence-corrected chi connectivity index (χ0v) is 15.2. The Kier molecular flexibility index (Phi) is 5.40. The summed E-state index contributed by atoms with van der Waals surface area (Å²) in [6.07, 6.45) is 0. The summed E-state index contributed by atoms with van der Waals surface area (Å²) in [5, 5.41) is 10.3. The van der Waals surface area contributed by atoms with Gasteiger partial charge in [-0.1, -0.05) is 35.9 Å². The van der Waals surface area contributed by atoms with E-state index in [4.69, 9.17) is 21.1 Å². The first kappa shape index (κ1) is 17.8. The molecule has 3 aromatic rings. The van der Waals surface area contributed by atoms with Crippen molar-refractivity contribution in [3.63, 3.8) is 0 Å². The molecule has 3 rings (SSSR count). The Balaban J connectivity index is 2.23. The van der Waals surface area contributed by atoms with Crippen LogP contribution in [0.1, 0.15) is 12.5 Å². The van der Waals surface area contributed by atoms with Crippen LogP contribution < -0.4 is 9.47 Å². The molecule has 130 valence electrons. The van der Waals surface area contributed by atoms with Gasteiger partial charge in [0.25, 0.3) is 0 Å². The largest absolute Gasteiger partial charge is 0.497 e. The second-order valence-corrected chi connectivity index (χ2v) is 5.96. The minimum Gasteiger partial charge on any atom is -0.497 e. The second kappa shape index (κ2) is 7.90. The molecule has 0 N–H and O–H groups in total. The number of ether oxygens (including phenoxy) is 2. The van der Waals surface area contributed by atoms with Crippen LogP contribution in [0, 0.1) is 11.3 Å². The lowest BCUT2D eigenvalue weighted by Gasteiger charge is -2.13. The fourth-order valence-electron chi connectivity index (χ4n) is 2.66. The number of pyridine rings is 1. The first-order valence-electron chi connectivity index (χ1n) is 8.14. The molecule has 0 amide bonds. The summed E-state index contributed by atoms with van der Waals surface area (Å²) in [5.41, 5.74) is 3.61. The van der Waals surface area contributed by atoms with E-state index in [0.717, 1.165) is 16.7 Å². The third kappa shape index (κ3) is 3.63. The molecule has 0 bridgehead atoms. The van der Waals surface area contributed by atoms with E-state index in [-0.39, 0.29) is 0 Å². The summed E-state index contributed by atoms with van der Waals surface area (Å²) < 4.78 is 11.0. The molecule has 0 aliphatic heterocycles. The quantitative estimate of drug-likeness (QED) is 0.612. The van der Waals surface area contributed by atoms with Crippen molar-refractivity contribution in [3.05, 3.63) is 65.2 Å². The standard InChI is InChI=1S/C21H17ClN2O2/c1-3-26-21-19(13-23)18(15-5-4-6-17(11-15)25-2)12-20(24-21)14-7-9-16(22)10-8-14/h4-12H,3H2,1-2H3. The van der Waals surface area contributed by atoms with Gasteiger partial charge in [0, 0.05) is 16.1 Å². The minimum absolute atomic E-state index is 0.320. The molecule has 0 aliphatic carbocycles. The molecule has 4 nitrogen and oxygen atoms in total. The van der Waals surface area contributed by atoms with E-state index in [1.165, 1.54) is 0 Å². The maximum Gasteiger partial charge on any atom is 0.232 e. The SMILES string of the molecule is CCOc1nc(-c2ccc(Cl)cc2)cc(-c2cccc(OC)c2)c1C#N. The summed E-state index contributed by atoms with van der Waals surface area (Å²) >= 11 is 5.99. The highest BCUT2D eigenvalue weighted by Crippen LogP contribution is 2.35. The monoisotopic (exact) mass is 364 g/mol. The fourth-order valence-corrected chi connectivity index (χ4v) is 2.78. The van der Waals surface area contributed by atoms with Crippen LogP contribution in [-0.4, -0.2) is 18.7 Å². The van der Waals surface area contributed by atoms with Crippen LogP contribution in [0.3, 0.4) is 0 Å². The number of nitriles is 1. The Hall–Kier alpha value is -3.03. The summed E-state index contributed by atoms with van der Waals surface area (Å²) in [6.45, 7) is 2.28. The van der Waals surface area contributed by atoms with Crippen LogP contribution in [0.2, 0.25) is 5.02 Å². The van der Waals surface area contributed by atoms with Crippen molar-refractivity contribution in [3.8, 4) is 40.1 Å². The predicted octanol–water partition coefficient (Wildman–Crippen LogP) is 5.35. The molecule has 0 atom stereocenters. The summed E-state index contributed by atoms with van der Waals surface area (Å²) in [4.78, 5) is 4.54. The summed E-state index contributed by atoms with van der Waals surface area (Å²) in [5.74, 6) is 1.04. The van der Waals surface area contributed by atoms with Crippen LogP contribution in [-0.2, 0) is 0 Å². The Bertz CT molecular complexity index is 963. The number of rotatable bonds is 5. The Morgan fingerprint density at radius 2 is 1.85 bits per heavy atom. The first-order chi connectivity index (χ1) is 12.7. The molecule has 0 fully saturated rings. The molecule has 0 spiro atoms. The molecule has 0 saturated heterocycles. The molecular formula is C21H17ClN2O2. The van der Waals surface area contributed by atoms with Crippen molar-refractivity contribution >= 4 is 11.6 Å². The predicted molar refractivity (Wildman–Crippen MR) is 103 cm³/mol. The third-order valence-corrected chi connectivity index (χ3v) is 4.15.